The summed E-state index contributed by atoms with van der Waals surface area (Å²) in [5.41, 5.74) is 3.35. The molecule has 2 aromatic carbocycles. The Balaban J connectivity index is 1.72. The third-order valence-corrected chi connectivity index (χ3v) is 5.95. The van der Waals surface area contributed by atoms with E-state index in [2.05, 4.69) is 29.7 Å². The minimum absolute atomic E-state index is 0.139. The second-order valence-electron chi connectivity index (χ2n) is 8.60. The number of nitrogens with zero attached hydrogens (tertiary/aromatic N) is 1. The van der Waals surface area contributed by atoms with E-state index in [4.69, 9.17) is 0 Å². The lowest BCUT2D eigenvalue weighted by atomic mass is 9.93. The molecule has 6 nitrogen and oxygen atoms in total. The number of amides is 2. The van der Waals surface area contributed by atoms with E-state index in [0.717, 1.165) is 30.4 Å². The molecule has 0 aliphatic carbocycles. The first-order chi connectivity index (χ1) is 15.5. The smallest absolute Gasteiger partial charge is 0.242 e. The van der Waals surface area contributed by atoms with Crippen molar-refractivity contribution in [3.8, 4) is 0 Å². The molecule has 1 aliphatic rings. The van der Waals surface area contributed by atoms with Gasteiger partial charge in [-0.1, -0.05) is 67.9 Å². The lowest BCUT2D eigenvalue weighted by Gasteiger charge is -2.38. The lowest BCUT2D eigenvalue weighted by Crippen LogP contribution is -2.63. The molecule has 0 unspecified atom stereocenters. The van der Waals surface area contributed by atoms with Crippen LogP contribution in [0.25, 0.3) is 0 Å². The van der Waals surface area contributed by atoms with Crippen LogP contribution in [-0.2, 0) is 29.0 Å². The molecule has 3 rings (SSSR count). The Hall–Kier alpha value is -2.70. The summed E-state index contributed by atoms with van der Waals surface area (Å²) in [4.78, 5) is 26.8. The number of hydrogen-bond acceptors (Lipinski definition) is 4. The van der Waals surface area contributed by atoms with Gasteiger partial charge in [0.1, 0.15) is 6.04 Å². The predicted molar refractivity (Wildman–Crippen MR) is 126 cm³/mol. The van der Waals surface area contributed by atoms with E-state index in [1.165, 1.54) is 12.5 Å². The summed E-state index contributed by atoms with van der Waals surface area (Å²) in [7, 11) is 0. The van der Waals surface area contributed by atoms with E-state index in [1.807, 2.05) is 42.5 Å². The van der Waals surface area contributed by atoms with Crippen molar-refractivity contribution in [2.24, 2.45) is 0 Å². The van der Waals surface area contributed by atoms with E-state index >= 15 is 0 Å². The molecule has 0 bridgehead atoms. The van der Waals surface area contributed by atoms with Crippen LogP contribution < -0.4 is 10.6 Å². The van der Waals surface area contributed by atoms with Crippen LogP contribution in [0.1, 0.15) is 43.4 Å². The number of nitrogens with one attached hydrogen (secondary N) is 2. The highest BCUT2D eigenvalue weighted by Gasteiger charge is 2.38. The molecule has 0 spiro atoms. The number of carbonyl (C=O) groups excluding carboxylic acids is 2. The van der Waals surface area contributed by atoms with Crippen LogP contribution in [0.5, 0.6) is 0 Å². The molecule has 0 aromatic heterocycles. The van der Waals surface area contributed by atoms with Crippen LogP contribution in [-0.4, -0.2) is 53.1 Å². The van der Waals surface area contributed by atoms with Crippen molar-refractivity contribution >= 4 is 11.8 Å². The molecule has 1 saturated heterocycles. The van der Waals surface area contributed by atoms with Gasteiger partial charge >= 0.3 is 0 Å². The number of carbonyl (C=O) groups is 2. The van der Waals surface area contributed by atoms with Gasteiger partial charge < -0.3 is 20.6 Å². The third kappa shape index (κ3) is 6.65. The Kier molecular flexibility index (Phi) is 8.82. The molecule has 172 valence electrons. The van der Waals surface area contributed by atoms with Crippen LogP contribution >= 0.6 is 0 Å². The standard InChI is InChI=1S/C26H35N3O3/c1-3-4-9-20-12-8-13-22(16-20)17-23(28-19(2)30)25(31)24-26(32)29(15-14-27-24)18-21-10-6-5-7-11-21/h5-8,10-13,16,23-25,27,31H,3-4,9,14-15,17-18H2,1-2H3,(H,28,30)/t23-,24-,25-/m0/s1. The number of hydrogen-bond donors (Lipinski definition) is 3. The average Bonchev–Trinajstić information content (AvgIpc) is 2.79. The zero-order chi connectivity index (χ0) is 22.9. The van der Waals surface area contributed by atoms with Crippen molar-refractivity contribution in [1.82, 2.24) is 15.5 Å². The SMILES string of the molecule is CCCCc1cccc(C[C@H](NC(C)=O)[C@H](O)[C@@H]2NCCN(Cc3ccccc3)C2=O)c1. The summed E-state index contributed by atoms with van der Waals surface area (Å²) in [5, 5.41) is 17.2. The maximum Gasteiger partial charge on any atom is 0.242 e. The first kappa shape index (κ1) is 24.0. The van der Waals surface area contributed by atoms with Crippen LogP contribution in [0.4, 0.5) is 0 Å². The molecule has 2 aromatic rings. The largest absolute Gasteiger partial charge is 0.389 e. The predicted octanol–water partition coefficient (Wildman–Crippen LogP) is 2.44. The average molecular weight is 438 g/mol. The quantitative estimate of drug-likeness (QED) is 0.533. The summed E-state index contributed by atoms with van der Waals surface area (Å²) in [6, 6.07) is 16.8. The van der Waals surface area contributed by atoms with E-state index in [-0.39, 0.29) is 11.8 Å². The van der Waals surface area contributed by atoms with Crippen molar-refractivity contribution in [3.63, 3.8) is 0 Å². The van der Waals surface area contributed by atoms with Crippen molar-refractivity contribution in [1.29, 1.82) is 0 Å². The molecular weight excluding hydrogens is 402 g/mol. The molecule has 0 radical (unpaired) electrons. The van der Waals surface area contributed by atoms with Gasteiger partial charge in [0, 0.05) is 26.6 Å². The Labute approximate surface area is 191 Å². The fraction of sp³-hybridized carbons (Fsp3) is 0.462. The topological polar surface area (TPSA) is 81.7 Å². The number of benzene rings is 2. The highest BCUT2D eigenvalue weighted by Crippen LogP contribution is 2.17. The minimum atomic E-state index is -1.04. The Morgan fingerprint density at radius 1 is 1.16 bits per heavy atom. The van der Waals surface area contributed by atoms with Gasteiger partial charge in [-0.25, -0.2) is 0 Å². The highest BCUT2D eigenvalue weighted by atomic mass is 16.3. The highest BCUT2D eigenvalue weighted by molar-refractivity contribution is 5.83. The van der Waals surface area contributed by atoms with Crippen LogP contribution in [0.15, 0.2) is 54.6 Å². The molecule has 1 aliphatic heterocycles. The van der Waals surface area contributed by atoms with Crippen LogP contribution in [0.2, 0.25) is 0 Å². The van der Waals surface area contributed by atoms with E-state index in [9.17, 15) is 14.7 Å². The summed E-state index contributed by atoms with van der Waals surface area (Å²) < 4.78 is 0. The zero-order valence-electron chi connectivity index (χ0n) is 19.1. The monoisotopic (exact) mass is 437 g/mol. The molecule has 6 heteroatoms. The van der Waals surface area contributed by atoms with Gasteiger partial charge in [-0.3, -0.25) is 9.59 Å². The molecular formula is C26H35N3O3. The van der Waals surface area contributed by atoms with E-state index in [0.29, 0.717) is 26.1 Å². The molecule has 2 amide bonds. The van der Waals surface area contributed by atoms with Gasteiger partial charge in [-0.2, -0.15) is 0 Å². The lowest BCUT2D eigenvalue weighted by molar-refractivity contribution is -0.141. The Morgan fingerprint density at radius 3 is 2.59 bits per heavy atom. The first-order valence-electron chi connectivity index (χ1n) is 11.6. The number of piperazine rings is 1. The van der Waals surface area contributed by atoms with Gasteiger partial charge in [-0.05, 0) is 36.0 Å². The molecule has 32 heavy (non-hydrogen) atoms. The van der Waals surface area contributed by atoms with Gasteiger partial charge in [0.25, 0.3) is 0 Å². The number of aryl methyl sites for hydroxylation is 1. The molecule has 1 heterocycles. The van der Waals surface area contributed by atoms with Crippen molar-refractivity contribution < 1.29 is 14.7 Å². The normalized spacial score (nSPS) is 18.3. The molecule has 3 atom stereocenters. The number of rotatable bonds is 10. The summed E-state index contributed by atoms with van der Waals surface area (Å²) in [5.74, 6) is -0.361. The Bertz CT molecular complexity index is 887. The van der Waals surface area contributed by atoms with Gasteiger partial charge in [0.2, 0.25) is 11.8 Å². The maximum atomic E-state index is 13.2. The fourth-order valence-corrected chi connectivity index (χ4v) is 4.27. The summed E-state index contributed by atoms with van der Waals surface area (Å²) in [6.45, 7) is 5.30. The number of aliphatic hydroxyl groups excluding tert-OH is 1. The number of aliphatic hydroxyl groups is 1. The zero-order valence-corrected chi connectivity index (χ0v) is 19.1. The Morgan fingerprint density at radius 2 is 1.88 bits per heavy atom. The van der Waals surface area contributed by atoms with Crippen LogP contribution in [0, 0.1) is 0 Å². The molecule has 3 N–H and O–H groups in total. The third-order valence-electron chi connectivity index (χ3n) is 5.95. The molecule has 1 fully saturated rings. The van der Waals surface area contributed by atoms with Gasteiger partial charge in [0.05, 0.1) is 12.1 Å². The maximum absolute atomic E-state index is 13.2. The van der Waals surface area contributed by atoms with Crippen molar-refractivity contribution in [2.75, 3.05) is 13.1 Å². The minimum Gasteiger partial charge on any atom is -0.389 e. The van der Waals surface area contributed by atoms with Crippen molar-refractivity contribution in [3.05, 3.63) is 71.3 Å². The van der Waals surface area contributed by atoms with Crippen molar-refractivity contribution in [2.45, 2.75) is 64.3 Å². The van der Waals surface area contributed by atoms with E-state index in [1.54, 1.807) is 4.90 Å². The molecule has 0 saturated carbocycles. The fourth-order valence-electron chi connectivity index (χ4n) is 4.27. The van der Waals surface area contributed by atoms with Gasteiger partial charge in [0.15, 0.2) is 0 Å². The summed E-state index contributed by atoms with van der Waals surface area (Å²) in [6.07, 6.45) is 2.69. The van der Waals surface area contributed by atoms with Crippen LogP contribution in [0.3, 0.4) is 0 Å². The van der Waals surface area contributed by atoms with Gasteiger partial charge in [-0.15, -0.1) is 0 Å². The first-order valence-corrected chi connectivity index (χ1v) is 11.6. The van der Waals surface area contributed by atoms with E-state index < -0.39 is 18.2 Å². The summed E-state index contributed by atoms with van der Waals surface area (Å²) >= 11 is 0. The second-order valence-corrected chi connectivity index (χ2v) is 8.60. The number of unbranched alkanes of at least 4 members (excludes halogenated alkanes) is 1. The second kappa shape index (κ2) is 11.8.